The molecule has 0 aliphatic rings. The van der Waals surface area contributed by atoms with Gasteiger partial charge in [-0.15, -0.1) is 0 Å². The van der Waals surface area contributed by atoms with Crippen molar-refractivity contribution in [2.75, 3.05) is 13.2 Å². The van der Waals surface area contributed by atoms with Crippen molar-refractivity contribution in [3.63, 3.8) is 0 Å². The number of benzene rings is 1. The van der Waals surface area contributed by atoms with Crippen LogP contribution in [0.3, 0.4) is 0 Å². The first-order valence-electron chi connectivity index (χ1n) is 10.3. The van der Waals surface area contributed by atoms with E-state index in [2.05, 4.69) is 16.0 Å². The first-order valence-corrected chi connectivity index (χ1v) is 10.7. The minimum atomic E-state index is -0.738. The number of ether oxygens (including phenoxy) is 1. The number of carbonyl (C=O) groups is 3. The summed E-state index contributed by atoms with van der Waals surface area (Å²) in [5.41, 5.74) is 0.489. The van der Waals surface area contributed by atoms with E-state index in [1.54, 1.807) is 24.3 Å². The van der Waals surface area contributed by atoms with E-state index in [1.165, 1.54) is 0 Å². The Morgan fingerprint density at radius 2 is 1.53 bits per heavy atom. The van der Waals surface area contributed by atoms with E-state index in [-0.39, 0.29) is 48.8 Å². The number of nitrogens with one attached hydrogen (secondary N) is 3. The molecule has 30 heavy (non-hydrogen) atoms. The van der Waals surface area contributed by atoms with Gasteiger partial charge >= 0.3 is 6.09 Å². The molecule has 0 saturated carbocycles. The van der Waals surface area contributed by atoms with E-state index < -0.39 is 12.1 Å². The third kappa shape index (κ3) is 9.03. The van der Waals surface area contributed by atoms with Gasteiger partial charge in [0.05, 0.1) is 6.61 Å². The molecule has 1 rings (SSSR count). The zero-order valence-corrected chi connectivity index (χ0v) is 19.4. The lowest BCUT2D eigenvalue weighted by Gasteiger charge is -2.27. The van der Waals surface area contributed by atoms with Crippen molar-refractivity contribution >= 4 is 29.5 Å². The third-order valence-corrected chi connectivity index (χ3v) is 4.74. The van der Waals surface area contributed by atoms with E-state index in [0.29, 0.717) is 10.6 Å². The smallest absolute Gasteiger partial charge is 0.407 e. The lowest BCUT2D eigenvalue weighted by molar-refractivity contribution is -0.125. The fourth-order valence-electron chi connectivity index (χ4n) is 2.58. The van der Waals surface area contributed by atoms with E-state index in [1.807, 2.05) is 41.5 Å². The molecular weight excluding hydrogens is 406 g/mol. The summed E-state index contributed by atoms with van der Waals surface area (Å²) in [5.74, 6) is -0.418. The van der Waals surface area contributed by atoms with Crippen LogP contribution in [0.1, 0.15) is 51.9 Å². The Bertz CT molecular complexity index is 705. The van der Waals surface area contributed by atoms with Crippen LogP contribution in [-0.2, 0) is 9.53 Å². The SMILES string of the molecule is CC(C)COC(=O)NC(C(=O)NC(CNC(=O)c1ccc(Cl)cc1)C(C)C)C(C)C. The molecule has 0 fully saturated rings. The molecule has 168 valence electrons. The first-order chi connectivity index (χ1) is 14.0. The van der Waals surface area contributed by atoms with Crippen LogP contribution in [0.25, 0.3) is 0 Å². The van der Waals surface area contributed by atoms with E-state index in [9.17, 15) is 14.4 Å². The van der Waals surface area contributed by atoms with Crippen LogP contribution in [0.4, 0.5) is 4.79 Å². The molecule has 0 aliphatic heterocycles. The van der Waals surface area contributed by atoms with Gasteiger partial charge in [0.2, 0.25) is 5.91 Å². The quantitative estimate of drug-likeness (QED) is 0.518. The normalized spacial score (nSPS) is 13.1. The highest BCUT2D eigenvalue weighted by Gasteiger charge is 2.28. The van der Waals surface area contributed by atoms with Gasteiger partial charge < -0.3 is 20.7 Å². The standard InChI is InChI=1S/C22H34ClN3O4/c1-13(2)12-30-22(29)26-19(15(5)6)21(28)25-18(14(3)4)11-24-20(27)16-7-9-17(23)10-8-16/h7-10,13-15,18-19H,11-12H2,1-6H3,(H,24,27)(H,25,28)(H,26,29). The highest BCUT2D eigenvalue weighted by atomic mass is 35.5. The van der Waals surface area contributed by atoms with E-state index in [0.717, 1.165) is 0 Å². The lowest BCUT2D eigenvalue weighted by Crippen LogP contribution is -2.55. The third-order valence-electron chi connectivity index (χ3n) is 4.49. The summed E-state index contributed by atoms with van der Waals surface area (Å²) in [5, 5.41) is 8.97. The second-order valence-corrected chi connectivity index (χ2v) is 8.87. The second-order valence-electron chi connectivity index (χ2n) is 8.43. The van der Waals surface area contributed by atoms with Crippen molar-refractivity contribution in [3.05, 3.63) is 34.9 Å². The van der Waals surface area contributed by atoms with Crippen LogP contribution in [0.5, 0.6) is 0 Å². The van der Waals surface area contributed by atoms with Crippen molar-refractivity contribution in [1.82, 2.24) is 16.0 Å². The van der Waals surface area contributed by atoms with Gasteiger partial charge in [0, 0.05) is 23.2 Å². The fourth-order valence-corrected chi connectivity index (χ4v) is 2.70. The summed E-state index contributed by atoms with van der Waals surface area (Å²) in [6.45, 7) is 12.0. The Labute approximate surface area is 184 Å². The number of halogens is 1. The van der Waals surface area contributed by atoms with Crippen molar-refractivity contribution in [2.45, 2.75) is 53.6 Å². The molecule has 0 saturated heterocycles. The van der Waals surface area contributed by atoms with Crippen molar-refractivity contribution in [1.29, 1.82) is 0 Å². The molecule has 7 nitrogen and oxygen atoms in total. The highest BCUT2D eigenvalue weighted by Crippen LogP contribution is 2.10. The molecule has 0 aliphatic carbocycles. The summed E-state index contributed by atoms with van der Waals surface area (Å²) in [6.07, 6.45) is -0.616. The highest BCUT2D eigenvalue weighted by molar-refractivity contribution is 6.30. The summed E-state index contributed by atoms with van der Waals surface area (Å²) < 4.78 is 5.13. The van der Waals surface area contributed by atoms with Crippen LogP contribution in [0.15, 0.2) is 24.3 Å². The number of hydrogen-bond acceptors (Lipinski definition) is 4. The molecule has 0 spiro atoms. The molecule has 1 aromatic rings. The molecule has 3 amide bonds. The van der Waals surface area contributed by atoms with Gasteiger partial charge in [-0.3, -0.25) is 9.59 Å². The molecule has 0 heterocycles. The lowest BCUT2D eigenvalue weighted by atomic mass is 10.00. The predicted molar refractivity (Wildman–Crippen MR) is 119 cm³/mol. The van der Waals surface area contributed by atoms with Gasteiger partial charge in [-0.2, -0.15) is 0 Å². The zero-order valence-electron chi connectivity index (χ0n) is 18.6. The summed E-state index contributed by atoms with van der Waals surface area (Å²) in [4.78, 5) is 37.2. The Morgan fingerprint density at radius 3 is 2.03 bits per heavy atom. The van der Waals surface area contributed by atoms with Crippen molar-refractivity contribution in [2.24, 2.45) is 17.8 Å². The molecule has 2 atom stereocenters. The maximum atomic E-state index is 12.8. The molecule has 0 radical (unpaired) electrons. The van der Waals surface area contributed by atoms with Gasteiger partial charge in [0.25, 0.3) is 5.91 Å². The maximum absolute atomic E-state index is 12.8. The second kappa shape index (κ2) is 12.4. The van der Waals surface area contributed by atoms with E-state index >= 15 is 0 Å². The van der Waals surface area contributed by atoms with Gasteiger partial charge in [0.15, 0.2) is 0 Å². The number of carbonyl (C=O) groups excluding carboxylic acids is 3. The van der Waals surface area contributed by atoms with Crippen LogP contribution >= 0.6 is 11.6 Å². The summed E-state index contributed by atoms with van der Waals surface area (Å²) in [6, 6.07) is 5.54. The average molecular weight is 440 g/mol. The zero-order chi connectivity index (χ0) is 22.8. The predicted octanol–water partition coefficient (Wildman–Crippen LogP) is 3.62. The van der Waals surface area contributed by atoms with Gasteiger partial charge in [-0.05, 0) is 42.0 Å². The summed E-state index contributed by atoms with van der Waals surface area (Å²) >= 11 is 5.85. The van der Waals surface area contributed by atoms with Crippen LogP contribution in [0.2, 0.25) is 5.02 Å². The number of alkyl carbamates (subject to hydrolysis) is 1. The Morgan fingerprint density at radius 1 is 0.933 bits per heavy atom. The van der Waals surface area contributed by atoms with Gasteiger partial charge in [-0.25, -0.2) is 4.79 Å². The fraction of sp³-hybridized carbons (Fsp3) is 0.591. The van der Waals surface area contributed by atoms with Crippen molar-refractivity contribution in [3.8, 4) is 0 Å². The monoisotopic (exact) mass is 439 g/mol. The minimum Gasteiger partial charge on any atom is -0.449 e. The topological polar surface area (TPSA) is 96.5 Å². The molecule has 8 heteroatoms. The summed E-state index contributed by atoms with van der Waals surface area (Å²) in [7, 11) is 0. The molecule has 2 unspecified atom stereocenters. The van der Waals surface area contributed by atoms with Crippen LogP contribution in [-0.4, -0.2) is 43.1 Å². The average Bonchev–Trinajstić information content (AvgIpc) is 2.67. The Hall–Kier alpha value is -2.28. The molecule has 0 aromatic heterocycles. The van der Waals surface area contributed by atoms with Crippen LogP contribution in [0, 0.1) is 17.8 Å². The molecule has 3 N–H and O–H groups in total. The molecule has 0 bridgehead atoms. The number of amides is 3. The largest absolute Gasteiger partial charge is 0.449 e. The molecule has 1 aromatic carbocycles. The number of rotatable bonds is 10. The first kappa shape index (κ1) is 25.8. The minimum absolute atomic E-state index is 0.0696. The van der Waals surface area contributed by atoms with Gasteiger partial charge in [0.1, 0.15) is 6.04 Å². The Balaban J connectivity index is 2.69. The van der Waals surface area contributed by atoms with Gasteiger partial charge in [-0.1, -0.05) is 53.1 Å². The number of hydrogen-bond donors (Lipinski definition) is 3. The molecular formula is C22H34ClN3O4. The maximum Gasteiger partial charge on any atom is 0.407 e. The Kier molecular flexibility index (Phi) is 10.7. The van der Waals surface area contributed by atoms with Crippen LogP contribution < -0.4 is 16.0 Å². The van der Waals surface area contributed by atoms with E-state index in [4.69, 9.17) is 16.3 Å². The van der Waals surface area contributed by atoms with Crippen molar-refractivity contribution < 1.29 is 19.1 Å².